The smallest absolute Gasteiger partial charge is 0.335 e. The second kappa shape index (κ2) is 11.1. The quantitative estimate of drug-likeness (QED) is 0.284. The number of rotatable bonds is 8. The number of carboxylic acid groups (broad SMARTS) is 1. The van der Waals surface area contributed by atoms with Gasteiger partial charge in [0.15, 0.2) is 0 Å². The third kappa shape index (κ3) is 5.54. The van der Waals surface area contributed by atoms with Crippen molar-refractivity contribution in [2.24, 2.45) is 5.92 Å². The molecule has 202 valence electrons. The van der Waals surface area contributed by atoms with Crippen LogP contribution in [0.5, 0.6) is 0 Å². The van der Waals surface area contributed by atoms with E-state index < -0.39 is 5.97 Å². The fourth-order valence-corrected chi connectivity index (χ4v) is 5.90. The molecule has 0 bridgehead atoms. The lowest BCUT2D eigenvalue weighted by Gasteiger charge is -2.32. The standard InChI is InChI=1S/C34H31FN2O3/c35-27-12-9-22(10-13-27)20-37-16-15-29-28(24-7-4-8-25(17-24)34(39)40)14-11-26(32(29)21-37)19-36-33(38)31-18-30(31)23-5-2-1-3-6-23/h1-14,17,30-31H,15-16,18-21H2,(H,36,38)(H,39,40)/t30-,31+/m0/s1. The molecule has 1 fully saturated rings. The van der Waals surface area contributed by atoms with Crippen LogP contribution in [-0.4, -0.2) is 28.4 Å². The van der Waals surface area contributed by atoms with Crippen molar-refractivity contribution < 1.29 is 19.1 Å². The topological polar surface area (TPSA) is 69.6 Å². The average molecular weight is 535 g/mol. The molecule has 0 unspecified atom stereocenters. The van der Waals surface area contributed by atoms with Crippen LogP contribution in [0.1, 0.15) is 50.5 Å². The van der Waals surface area contributed by atoms with E-state index in [0.29, 0.717) is 19.6 Å². The SMILES string of the molecule is O=C(O)c1cccc(-c2ccc(CNC(=O)[C@@H]3C[C@H]3c3ccccc3)c3c2CCN(Cc2ccc(F)cc2)C3)c1. The van der Waals surface area contributed by atoms with Gasteiger partial charge >= 0.3 is 5.97 Å². The summed E-state index contributed by atoms with van der Waals surface area (Å²) in [6.45, 7) is 2.66. The molecule has 6 rings (SSSR count). The van der Waals surface area contributed by atoms with Crippen LogP contribution >= 0.6 is 0 Å². The van der Waals surface area contributed by atoms with E-state index in [0.717, 1.165) is 41.6 Å². The molecule has 0 aromatic heterocycles. The van der Waals surface area contributed by atoms with E-state index in [1.807, 2.05) is 36.4 Å². The number of aromatic carboxylic acids is 1. The Balaban J connectivity index is 1.25. The summed E-state index contributed by atoms with van der Waals surface area (Å²) in [7, 11) is 0. The molecular weight excluding hydrogens is 503 g/mol. The van der Waals surface area contributed by atoms with Crippen LogP contribution in [0.15, 0.2) is 91.0 Å². The summed E-state index contributed by atoms with van der Waals surface area (Å²) in [6, 6.07) is 28.0. The first-order valence-corrected chi connectivity index (χ1v) is 13.7. The zero-order valence-electron chi connectivity index (χ0n) is 22.1. The number of carboxylic acids is 1. The number of amides is 1. The summed E-state index contributed by atoms with van der Waals surface area (Å²) >= 11 is 0. The lowest BCUT2D eigenvalue weighted by atomic mass is 9.87. The molecule has 0 radical (unpaired) electrons. The Morgan fingerprint density at radius 3 is 2.50 bits per heavy atom. The van der Waals surface area contributed by atoms with E-state index in [1.165, 1.54) is 28.8 Å². The zero-order valence-corrected chi connectivity index (χ0v) is 22.1. The molecule has 1 aliphatic carbocycles. The van der Waals surface area contributed by atoms with Crippen LogP contribution in [0.2, 0.25) is 0 Å². The van der Waals surface area contributed by atoms with Crippen LogP contribution in [-0.2, 0) is 30.8 Å². The molecule has 1 saturated carbocycles. The van der Waals surface area contributed by atoms with Gasteiger partial charge in [-0.1, -0.05) is 66.7 Å². The number of hydrogen-bond donors (Lipinski definition) is 2. The van der Waals surface area contributed by atoms with Crippen molar-refractivity contribution in [3.8, 4) is 11.1 Å². The highest BCUT2D eigenvalue weighted by molar-refractivity contribution is 5.89. The van der Waals surface area contributed by atoms with Gasteiger partial charge in [0, 0.05) is 32.1 Å². The van der Waals surface area contributed by atoms with E-state index >= 15 is 0 Å². The van der Waals surface area contributed by atoms with E-state index in [-0.39, 0.29) is 29.1 Å². The minimum absolute atomic E-state index is 0.00577. The Labute approximate surface area is 233 Å². The van der Waals surface area contributed by atoms with E-state index in [2.05, 4.69) is 34.5 Å². The van der Waals surface area contributed by atoms with Gasteiger partial charge in [0.2, 0.25) is 5.91 Å². The summed E-state index contributed by atoms with van der Waals surface area (Å²) in [5.41, 5.74) is 7.86. The number of carbonyl (C=O) groups is 2. The average Bonchev–Trinajstić information content (AvgIpc) is 3.79. The van der Waals surface area contributed by atoms with Crippen molar-refractivity contribution in [2.45, 2.75) is 38.4 Å². The van der Waals surface area contributed by atoms with Gasteiger partial charge in [-0.25, -0.2) is 9.18 Å². The van der Waals surface area contributed by atoms with Crippen molar-refractivity contribution >= 4 is 11.9 Å². The number of fused-ring (bicyclic) bond motifs is 1. The minimum Gasteiger partial charge on any atom is -0.478 e. The van der Waals surface area contributed by atoms with Crippen molar-refractivity contribution in [2.75, 3.05) is 6.54 Å². The predicted molar refractivity (Wildman–Crippen MR) is 152 cm³/mol. The molecule has 6 heteroatoms. The fourth-order valence-electron chi connectivity index (χ4n) is 5.90. The molecule has 0 saturated heterocycles. The van der Waals surface area contributed by atoms with Crippen molar-refractivity contribution in [3.05, 3.63) is 130 Å². The molecule has 2 aliphatic rings. The molecule has 1 aliphatic heterocycles. The van der Waals surface area contributed by atoms with E-state index in [9.17, 15) is 19.1 Å². The molecule has 40 heavy (non-hydrogen) atoms. The first kappa shape index (κ1) is 26.0. The van der Waals surface area contributed by atoms with Gasteiger partial charge in [0.1, 0.15) is 5.82 Å². The Kier molecular flexibility index (Phi) is 7.18. The third-order valence-electron chi connectivity index (χ3n) is 8.14. The number of halogens is 1. The third-order valence-corrected chi connectivity index (χ3v) is 8.14. The molecule has 4 aromatic rings. The number of benzene rings is 4. The summed E-state index contributed by atoms with van der Waals surface area (Å²) < 4.78 is 13.4. The Bertz CT molecular complexity index is 1550. The number of nitrogens with zero attached hydrogens (tertiary/aromatic N) is 1. The Morgan fingerprint density at radius 1 is 0.925 bits per heavy atom. The Hall–Kier alpha value is -4.29. The van der Waals surface area contributed by atoms with Gasteiger partial charge in [0.05, 0.1) is 5.56 Å². The van der Waals surface area contributed by atoms with Crippen molar-refractivity contribution in [1.82, 2.24) is 10.2 Å². The highest BCUT2D eigenvalue weighted by Crippen LogP contribution is 2.47. The maximum Gasteiger partial charge on any atom is 0.335 e. The monoisotopic (exact) mass is 534 g/mol. The first-order chi connectivity index (χ1) is 19.5. The predicted octanol–water partition coefficient (Wildman–Crippen LogP) is 6.17. The van der Waals surface area contributed by atoms with Gasteiger partial charge < -0.3 is 10.4 Å². The molecule has 1 heterocycles. The molecule has 2 atom stereocenters. The zero-order chi connectivity index (χ0) is 27.6. The van der Waals surface area contributed by atoms with E-state index in [1.54, 1.807) is 18.2 Å². The number of carbonyl (C=O) groups excluding carboxylic acids is 1. The number of hydrogen-bond acceptors (Lipinski definition) is 3. The molecule has 5 nitrogen and oxygen atoms in total. The summed E-state index contributed by atoms with van der Waals surface area (Å²) in [5.74, 6) is -0.824. The molecule has 4 aromatic carbocycles. The fraction of sp³-hybridized carbons (Fsp3) is 0.235. The molecular formula is C34H31FN2O3. The first-order valence-electron chi connectivity index (χ1n) is 13.7. The van der Waals surface area contributed by atoms with Crippen molar-refractivity contribution in [3.63, 3.8) is 0 Å². The van der Waals surface area contributed by atoms with Gasteiger partial charge in [-0.3, -0.25) is 9.69 Å². The van der Waals surface area contributed by atoms with Crippen LogP contribution in [0, 0.1) is 11.7 Å². The van der Waals surface area contributed by atoms with Crippen LogP contribution < -0.4 is 5.32 Å². The van der Waals surface area contributed by atoms with Crippen LogP contribution in [0.4, 0.5) is 4.39 Å². The van der Waals surface area contributed by atoms with Crippen LogP contribution in [0.25, 0.3) is 11.1 Å². The van der Waals surface area contributed by atoms with Crippen LogP contribution in [0.3, 0.4) is 0 Å². The van der Waals surface area contributed by atoms with E-state index in [4.69, 9.17) is 0 Å². The summed E-state index contributed by atoms with van der Waals surface area (Å²) in [4.78, 5) is 27.0. The normalized spacial score (nSPS) is 18.1. The largest absolute Gasteiger partial charge is 0.478 e. The molecule has 0 spiro atoms. The molecule has 2 N–H and O–H groups in total. The summed E-state index contributed by atoms with van der Waals surface area (Å²) in [5, 5.41) is 12.7. The highest BCUT2D eigenvalue weighted by atomic mass is 19.1. The van der Waals surface area contributed by atoms with Gasteiger partial charge in [-0.2, -0.15) is 0 Å². The maximum absolute atomic E-state index is 13.4. The van der Waals surface area contributed by atoms with Gasteiger partial charge in [-0.15, -0.1) is 0 Å². The molecule has 1 amide bonds. The Morgan fingerprint density at radius 2 is 1.73 bits per heavy atom. The lowest BCUT2D eigenvalue weighted by molar-refractivity contribution is -0.122. The second-order valence-corrected chi connectivity index (χ2v) is 10.8. The maximum atomic E-state index is 13.4. The highest BCUT2D eigenvalue weighted by Gasteiger charge is 2.43. The second-order valence-electron chi connectivity index (χ2n) is 10.8. The van der Waals surface area contributed by atoms with Gasteiger partial charge in [0.25, 0.3) is 0 Å². The minimum atomic E-state index is -0.950. The summed E-state index contributed by atoms with van der Waals surface area (Å²) in [6.07, 6.45) is 1.67. The lowest BCUT2D eigenvalue weighted by Crippen LogP contribution is -2.32. The van der Waals surface area contributed by atoms with Gasteiger partial charge in [-0.05, 0) is 82.0 Å². The van der Waals surface area contributed by atoms with Crippen molar-refractivity contribution in [1.29, 1.82) is 0 Å². The number of nitrogens with one attached hydrogen (secondary N) is 1.